The number of rotatable bonds is 11. The average molecular weight is 446 g/mol. The molecular formula is C23H25ClFN3O3. The molecule has 0 radical (unpaired) electrons. The van der Waals surface area contributed by atoms with Gasteiger partial charge in [0, 0.05) is 30.0 Å². The van der Waals surface area contributed by atoms with E-state index in [1.165, 1.54) is 18.5 Å². The van der Waals surface area contributed by atoms with Crippen LogP contribution in [-0.4, -0.2) is 29.5 Å². The third-order valence-corrected chi connectivity index (χ3v) is 5.14. The van der Waals surface area contributed by atoms with Gasteiger partial charge in [-0.1, -0.05) is 18.5 Å². The molecule has 0 aliphatic rings. The number of benzene rings is 2. The van der Waals surface area contributed by atoms with E-state index in [1.54, 1.807) is 25.3 Å². The molecule has 0 fully saturated rings. The van der Waals surface area contributed by atoms with E-state index < -0.39 is 5.82 Å². The smallest absolute Gasteiger partial charge is 0.163 e. The summed E-state index contributed by atoms with van der Waals surface area (Å²) in [6, 6.07) is 7.97. The lowest BCUT2D eigenvalue weighted by molar-refractivity contribution is -0.118. The Labute approximate surface area is 185 Å². The third kappa shape index (κ3) is 6.04. The molecule has 3 rings (SSSR count). The van der Waals surface area contributed by atoms with Crippen molar-refractivity contribution >= 4 is 39.8 Å². The number of Topliss-reactive ketones (excluding diaryl/α,β-unsaturated/α-hetero) is 1. The maximum absolute atomic E-state index is 13.4. The predicted octanol–water partition coefficient (Wildman–Crippen LogP) is 6.09. The van der Waals surface area contributed by atoms with Crippen LogP contribution in [0.15, 0.2) is 36.7 Å². The standard InChI is InChI=1S/C23H25ClFN3O3/c1-3-16(29)7-5-4-6-10-31-22-13-20-17(12-21(22)30-2)23(27-14-26-20)28-15-8-9-19(25)18(24)11-15/h8-9,11-14H,3-7,10H2,1-2H3,(H,26,27,28). The minimum Gasteiger partial charge on any atom is -0.493 e. The van der Waals surface area contributed by atoms with E-state index >= 15 is 0 Å². The van der Waals surface area contributed by atoms with Gasteiger partial charge in [0.05, 0.1) is 24.3 Å². The van der Waals surface area contributed by atoms with Crippen LogP contribution in [0, 0.1) is 5.82 Å². The van der Waals surface area contributed by atoms with E-state index in [2.05, 4.69) is 15.3 Å². The van der Waals surface area contributed by atoms with Crippen molar-refractivity contribution in [2.75, 3.05) is 19.0 Å². The Morgan fingerprint density at radius 2 is 1.97 bits per heavy atom. The number of hydrogen-bond donors (Lipinski definition) is 1. The fourth-order valence-electron chi connectivity index (χ4n) is 3.11. The van der Waals surface area contributed by atoms with Gasteiger partial charge in [0.1, 0.15) is 23.7 Å². The number of hydrogen-bond acceptors (Lipinski definition) is 6. The quantitative estimate of drug-likeness (QED) is 0.360. The van der Waals surface area contributed by atoms with Gasteiger partial charge in [0.2, 0.25) is 0 Å². The second kappa shape index (κ2) is 10.9. The Bertz CT molecular complexity index is 1060. The molecule has 6 nitrogen and oxygen atoms in total. The average Bonchev–Trinajstić information content (AvgIpc) is 2.78. The summed E-state index contributed by atoms with van der Waals surface area (Å²) in [5.74, 6) is 1.50. The molecule has 0 saturated carbocycles. The van der Waals surface area contributed by atoms with Gasteiger partial charge in [0.15, 0.2) is 11.5 Å². The van der Waals surface area contributed by atoms with E-state index in [9.17, 15) is 9.18 Å². The van der Waals surface area contributed by atoms with Gasteiger partial charge in [0.25, 0.3) is 0 Å². The Hall–Kier alpha value is -2.93. The molecule has 1 heterocycles. The molecule has 8 heteroatoms. The highest BCUT2D eigenvalue weighted by Crippen LogP contribution is 2.35. The topological polar surface area (TPSA) is 73.3 Å². The highest BCUT2D eigenvalue weighted by molar-refractivity contribution is 6.31. The molecule has 2 aromatic carbocycles. The van der Waals surface area contributed by atoms with E-state index in [4.69, 9.17) is 21.1 Å². The van der Waals surface area contributed by atoms with Crippen LogP contribution in [0.3, 0.4) is 0 Å². The number of ketones is 1. The van der Waals surface area contributed by atoms with Gasteiger partial charge in [-0.05, 0) is 43.5 Å². The molecule has 0 atom stereocenters. The Kier molecular flexibility index (Phi) is 8.00. The first kappa shape index (κ1) is 22.7. The Morgan fingerprint density at radius 3 is 2.71 bits per heavy atom. The van der Waals surface area contributed by atoms with Crippen molar-refractivity contribution in [2.45, 2.75) is 39.0 Å². The van der Waals surface area contributed by atoms with Gasteiger partial charge in [-0.15, -0.1) is 0 Å². The second-order valence-electron chi connectivity index (χ2n) is 7.05. The van der Waals surface area contributed by atoms with Crippen LogP contribution in [0.1, 0.15) is 39.0 Å². The normalized spacial score (nSPS) is 10.8. The number of carbonyl (C=O) groups excluding carboxylic acids is 1. The number of halogens is 2. The minimum atomic E-state index is -0.486. The molecule has 0 aliphatic carbocycles. The number of carbonyl (C=O) groups is 1. The molecule has 0 bridgehead atoms. The van der Waals surface area contributed by atoms with Crippen LogP contribution in [0.25, 0.3) is 10.9 Å². The number of nitrogens with zero attached hydrogens (tertiary/aromatic N) is 2. The molecule has 0 unspecified atom stereocenters. The van der Waals surface area contributed by atoms with E-state index in [1.807, 2.05) is 6.92 Å². The van der Waals surface area contributed by atoms with Crippen LogP contribution in [0.4, 0.5) is 15.9 Å². The number of nitrogens with one attached hydrogen (secondary N) is 1. The van der Waals surface area contributed by atoms with Crippen LogP contribution in [0.5, 0.6) is 11.5 Å². The van der Waals surface area contributed by atoms with Gasteiger partial charge >= 0.3 is 0 Å². The number of methoxy groups -OCH3 is 1. The summed E-state index contributed by atoms with van der Waals surface area (Å²) >= 11 is 5.87. The van der Waals surface area contributed by atoms with E-state index in [0.29, 0.717) is 53.8 Å². The molecule has 3 aromatic rings. The maximum Gasteiger partial charge on any atom is 0.163 e. The number of fused-ring (bicyclic) bond motifs is 1. The molecule has 0 aliphatic heterocycles. The third-order valence-electron chi connectivity index (χ3n) is 4.85. The van der Waals surface area contributed by atoms with Crippen molar-refractivity contribution in [3.05, 3.63) is 47.5 Å². The molecule has 164 valence electrons. The van der Waals surface area contributed by atoms with Gasteiger partial charge < -0.3 is 14.8 Å². The summed E-state index contributed by atoms with van der Waals surface area (Å²) < 4.78 is 24.8. The van der Waals surface area contributed by atoms with Crippen molar-refractivity contribution in [1.29, 1.82) is 0 Å². The zero-order valence-corrected chi connectivity index (χ0v) is 18.3. The summed E-state index contributed by atoms with van der Waals surface area (Å²) in [7, 11) is 1.57. The Balaban J connectivity index is 1.72. The van der Waals surface area contributed by atoms with Crippen molar-refractivity contribution in [3.8, 4) is 11.5 Å². The summed E-state index contributed by atoms with van der Waals surface area (Å²) in [5, 5.41) is 3.89. The molecular weight excluding hydrogens is 421 g/mol. The number of aromatic nitrogens is 2. The Morgan fingerprint density at radius 1 is 1.13 bits per heavy atom. The van der Waals surface area contributed by atoms with Crippen molar-refractivity contribution < 1.29 is 18.7 Å². The minimum absolute atomic E-state index is 0.0238. The van der Waals surface area contributed by atoms with Gasteiger partial charge in [-0.3, -0.25) is 4.79 Å². The van der Waals surface area contributed by atoms with Crippen LogP contribution in [-0.2, 0) is 4.79 Å². The summed E-state index contributed by atoms with van der Waals surface area (Å²) in [4.78, 5) is 20.0. The van der Waals surface area contributed by atoms with E-state index in [0.717, 1.165) is 24.6 Å². The first-order chi connectivity index (χ1) is 15.0. The fourth-order valence-corrected chi connectivity index (χ4v) is 3.29. The first-order valence-electron chi connectivity index (χ1n) is 10.2. The number of ether oxygens (including phenoxy) is 2. The van der Waals surface area contributed by atoms with Gasteiger partial charge in [-0.2, -0.15) is 0 Å². The summed E-state index contributed by atoms with van der Waals surface area (Å²) in [6.07, 6.45) is 5.31. The van der Waals surface area contributed by atoms with Crippen LogP contribution < -0.4 is 14.8 Å². The summed E-state index contributed by atoms with van der Waals surface area (Å²) in [5.41, 5.74) is 1.28. The second-order valence-corrected chi connectivity index (χ2v) is 7.45. The molecule has 0 spiro atoms. The maximum atomic E-state index is 13.4. The first-order valence-corrected chi connectivity index (χ1v) is 10.6. The lowest BCUT2D eigenvalue weighted by Crippen LogP contribution is -2.02. The molecule has 0 amide bonds. The number of anilines is 2. The lowest BCUT2D eigenvalue weighted by atomic mass is 10.1. The zero-order valence-electron chi connectivity index (χ0n) is 17.6. The summed E-state index contributed by atoms with van der Waals surface area (Å²) in [6.45, 7) is 2.41. The molecule has 1 aromatic heterocycles. The van der Waals surface area contributed by atoms with Crippen molar-refractivity contribution in [2.24, 2.45) is 0 Å². The predicted molar refractivity (Wildman–Crippen MR) is 120 cm³/mol. The molecule has 31 heavy (non-hydrogen) atoms. The van der Waals surface area contributed by atoms with Crippen molar-refractivity contribution in [3.63, 3.8) is 0 Å². The highest BCUT2D eigenvalue weighted by atomic mass is 35.5. The largest absolute Gasteiger partial charge is 0.493 e. The fraction of sp³-hybridized carbons (Fsp3) is 0.348. The monoisotopic (exact) mass is 445 g/mol. The molecule has 0 saturated heterocycles. The van der Waals surface area contributed by atoms with Crippen molar-refractivity contribution in [1.82, 2.24) is 9.97 Å². The molecule has 1 N–H and O–H groups in total. The number of unbranched alkanes of at least 4 members (excludes halogenated alkanes) is 2. The zero-order chi connectivity index (χ0) is 22.2. The van der Waals surface area contributed by atoms with Crippen LogP contribution in [0.2, 0.25) is 5.02 Å². The van der Waals surface area contributed by atoms with Gasteiger partial charge in [-0.25, -0.2) is 14.4 Å². The van der Waals surface area contributed by atoms with E-state index in [-0.39, 0.29) is 5.02 Å². The van der Waals surface area contributed by atoms with Crippen LogP contribution >= 0.6 is 11.6 Å². The lowest BCUT2D eigenvalue weighted by Gasteiger charge is -2.14. The SMILES string of the molecule is CCC(=O)CCCCCOc1cc2ncnc(Nc3ccc(F)c(Cl)c3)c2cc1OC. The highest BCUT2D eigenvalue weighted by Gasteiger charge is 2.12.